The highest BCUT2D eigenvalue weighted by atomic mass is 35.5. The normalized spacial score (nSPS) is 29.2. The number of hydrogen-bond donors (Lipinski definition) is 0. The van der Waals surface area contributed by atoms with Gasteiger partial charge in [0, 0.05) is 6.54 Å². The molecule has 0 aromatic rings. The molecule has 0 radical (unpaired) electrons. The van der Waals surface area contributed by atoms with E-state index in [1.54, 1.807) is 20.8 Å². The van der Waals surface area contributed by atoms with Crippen LogP contribution in [-0.4, -0.2) is 40.0 Å². The van der Waals surface area contributed by atoms with Gasteiger partial charge in [-0.3, -0.25) is 4.90 Å². The molecule has 0 aromatic carbocycles. The molecular weight excluding hydrogens is 246 g/mol. The van der Waals surface area contributed by atoms with E-state index in [-0.39, 0.29) is 13.0 Å². The van der Waals surface area contributed by atoms with Gasteiger partial charge in [0.25, 0.3) is 0 Å². The predicted molar refractivity (Wildman–Crippen MR) is 60.6 cm³/mol. The molecule has 0 unspecified atom stereocenters. The summed E-state index contributed by atoms with van der Waals surface area (Å²) in [5.74, 6) is -1.31. The van der Waals surface area contributed by atoms with Gasteiger partial charge in [-0.25, -0.2) is 4.79 Å². The van der Waals surface area contributed by atoms with Gasteiger partial charge in [-0.15, -0.1) is 11.6 Å². The number of carboxylic acids is 1. The maximum Gasteiger partial charge on any atom is 0.411 e. The predicted octanol–water partition coefficient (Wildman–Crippen LogP) is 0.743. The summed E-state index contributed by atoms with van der Waals surface area (Å²) in [7, 11) is 0. The first-order valence-electron chi connectivity index (χ1n) is 5.42. The van der Waals surface area contributed by atoms with E-state index in [4.69, 9.17) is 16.3 Å². The molecule has 1 saturated heterocycles. The third-order valence-corrected chi connectivity index (χ3v) is 2.94. The number of carbonyl (C=O) groups excluding carboxylic acids is 2. The number of carbonyl (C=O) groups is 2. The van der Waals surface area contributed by atoms with Crippen LogP contribution in [0.4, 0.5) is 4.79 Å². The van der Waals surface area contributed by atoms with Crippen LogP contribution in [0.2, 0.25) is 0 Å². The van der Waals surface area contributed by atoms with Crippen LogP contribution < -0.4 is 5.11 Å². The minimum atomic E-state index is -1.39. The molecule has 1 amide bonds. The summed E-state index contributed by atoms with van der Waals surface area (Å²) in [6.07, 6.45) is -0.511. The maximum atomic E-state index is 11.9. The lowest BCUT2D eigenvalue weighted by atomic mass is 10.00. The fourth-order valence-electron chi connectivity index (χ4n) is 1.79. The largest absolute Gasteiger partial charge is 0.548 e. The van der Waals surface area contributed by atoms with Gasteiger partial charge in [0.05, 0.1) is 16.9 Å². The molecule has 0 saturated carbocycles. The molecule has 5 nitrogen and oxygen atoms in total. The third kappa shape index (κ3) is 3.03. The lowest BCUT2D eigenvalue weighted by Gasteiger charge is -2.36. The quantitative estimate of drug-likeness (QED) is 0.654. The second kappa shape index (κ2) is 4.37. The summed E-state index contributed by atoms with van der Waals surface area (Å²) in [5.41, 5.74) is -2.07. The first-order valence-corrected chi connectivity index (χ1v) is 5.86. The highest BCUT2D eigenvalue weighted by Crippen LogP contribution is 2.33. The number of nitrogens with zero attached hydrogens (tertiary/aromatic N) is 1. The highest BCUT2D eigenvalue weighted by Gasteiger charge is 2.46. The first-order chi connectivity index (χ1) is 7.56. The van der Waals surface area contributed by atoms with Crippen LogP contribution >= 0.6 is 11.6 Å². The number of amides is 1. The molecule has 1 heterocycles. The molecule has 0 aromatic heterocycles. The van der Waals surface area contributed by atoms with E-state index in [0.29, 0.717) is 0 Å². The van der Waals surface area contributed by atoms with E-state index in [1.165, 1.54) is 6.92 Å². The van der Waals surface area contributed by atoms with Crippen molar-refractivity contribution >= 4 is 23.7 Å². The number of halogens is 1. The molecule has 1 aliphatic heterocycles. The number of hydrogen-bond acceptors (Lipinski definition) is 4. The molecule has 1 fully saturated rings. The van der Waals surface area contributed by atoms with E-state index >= 15 is 0 Å². The third-order valence-electron chi connectivity index (χ3n) is 2.65. The molecule has 0 spiro atoms. The van der Waals surface area contributed by atoms with Crippen molar-refractivity contribution < 1.29 is 19.4 Å². The summed E-state index contributed by atoms with van der Waals surface area (Å²) >= 11 is 5.91. The van der Waals surface area contributed by atoms with Gasteiger partial charge in [0.15, 0.2) is 0 Å². The molecule has 1 aliphatic rings. The van der Waals surface area contributed by atoms with Crippen molar-refractivity contribution in [3.63, 3.8) is 0 Å². The Morgan fingerprint density at radius 2 is 2.00 bits per heavy atom. The van der Waals surface area contributed by atoms with Crippen LogP contribution in [0.15, 0.2) is 0 Å². The van der Waals surface area contributed by atoms with Gasteiger partial charge in [-0.05, 0) is 34.1 Å². The number of likely N-dealkylation sites (tertiary alicyclic amines) is 1. The zero-order chi connectivity index (χ0) is 13.4. The molecule has 0 aliphatic carbocycles. The van der Waals surface area contributed by atoms with Crippen molar-refractivity contribution in [3.8, 4) is 0 Å². The summed E-state index contributed by atoms with van der Waals surface area (Å²) in [6, 6.07) is 0. The van der Waals surface area contributed by atoms with Crippen LogP contribution in [0.1, 0.15) is 34.1 Å². The Kier molecular flexibility index (Phi) is 3.62. The molecule has 17 heavy (non-hydrogen) atoms. The van der Waals surface area contributed by atoms with Crippen molar-refractivity contribution in [1.82, 2.24) is 4.90 Å². The van der Waals surface area contributed by atoms with Crippen molar-refractivity contribution in [2.45, 2.75) is 50.6 Å². The van der Waals surface area contributed by atoms with E-state index in [9.17, 15) is 14.7 Å². The van der Waals surface area contributed by atoms with Crippen molar-refractivity contribution in [1.29, 1.82) is 0 Å². The van der Waals surface area contributed by atoms with E-state index in [1.807, 2.05) is 0 Å². The van der Waals surface area contributed by atoms with Gasteiger partial charge in [-0.1, -0.05) is 0 Å². The van der Waals surface area contributed by atoms with E-state index in [2.05, 4.69) is 0 Å². The van der Waals surface area contributed by atoms with Crippen molar-refractivity contribution in [3.05, 3.63) is 0 Å². The summed E-state index contributed by atoms with van der Waals surface area (Å²) < 4.78 is 5.15. The Hall–Kier alpha value is -0.970. The molecule has 6 heteroatoms. The zero-order valence-corrected chi connectivity index (χ0v) is 11.2. The van der Waals surface area contributed by atoms with Crippen LogP contribution in [0, 0.1) is 0 Å². The fourth-order valence-corrected chi connectivity index (χ4v) is 2.23. The topological polar surface area (TPSA) is 69.7 Å². The molecular formula is C11H17ClNO4-. The lowest BCUT2D eigenvalue weighted by Crippen LogP contribution is -2.57. The second-order valence-electron chi connectivity index (χ2n) is 5.45. The van der Waals surface area contributed by atoms with Crippen LogP contribution in [-0.2, 0) is 9.53 Å². The van der Waals surface area contributed by atoms with Crippen LogP contribution in [0.5, 0.6) is 0 Å². The molecule has 1 rings (SSSR count). The van der Waals surface area contributed by atoms with Crippen LogP contribution in [0.3, 0.4) is 0 Å². The number of aliphatic carboxylic acids is 1. The van der Waals surface area contributed by atoms with Crippen LogP contribution in [0.25, 0.3) is 0 Å². The average Bonchev–Trinajstić information content (AvgIpc) is 2.40. The highest BCUT2D eigenvalue weighted by molar-refractivity contribution is 6.21. The van der Waals surface area contributed by atoms with E-state index in [0.717, 1.165) is 4.90 Å². The number of alkyl halides is 1. The first kappa shape index (κ1) is 14.1. The Morgan fingerprint density at radius 1 is 1.47 bits per heavy atom. The minimum Gasteiger partial charge on any atom is -0.548 e. The summed E-state index contributed by atoms with van der Waals surface area (Å²) in [4.78, 5) is 24.1. The standard InChI is InChI=1S/C11H18ClNO4/c1-10(2,3)17-9(16)13-6-7(12)5-11(13,4)8(14)15/h7H,5-6H2,1-4H3,(H,14,15)/p-1/t7-,11-/m0/s1. The number of carboxylic acid groups (broad SMARTS) is 1. The van der Waals surface area contributed by atoms with Gasteiger partial charge in [0.1, 0.15) is 5.60 Å². The Labute approximate surface area is 106 Å². The second-order valence-corrected chi connectivity index (χ2v) is 6.07. The van der Waals surface area contributed by atoms with Crippen molar-refractivity contribution in [2.75, 3.05) is 6.54 Å². The molecule has 0 N–H and O–H groups in total. The minimum absolute atomic E-state index is 0.154. The van der Waals surface area contributed by atoms with Gasteiger partial charge in [0.2, 0.25) is 0 Å². The summed E-state index contributed by atoms with van der Waals surface area (Å²) in [5, 5.41) is 10.7. The van der Waals surface area contributed by atoms with Crippen molar-refractivity contribution in [2.24, 2.45) is 0 Å². The molecule has 2 atom stereocenters. The van der Waals surface area contributed by atoms with E-state index < -0.39 is 28.6 Å². The molecule has 0 bridgehead atoms. The number of ether oxygens (including phenoxy) is 1. The fraction of sp³-hybridized carbons (Fsp3) is 0.818. The van der Waals surface area contributed by atoms with Gasteiger partial charge < -0.3 is 14.6 Å². The Bertz CT molecular complexity index is 339. The Morgan fingerprint density at radius 3 is 2.41 bits per heavy atom. The SMILES string of the molecule is CC(C)(C)OC(=O)N1C[C@@H](Cl)C[C@@]1(C)C(=O)[O-]. The molecule has 98 valence electrons. The lowest BCUT2D eigenvalue weighted by molar-refractivity contribution is -0.316. The zero-order valence-electron chi connectivity index (χ0n) is 10.4. The summed E-state index contributed by atoms with van der Waals surface area (Å²) in [6.45, 7) is 6.73. The average molecular weight is 263 g/mol. The number of rotatable bonds is 1. The maximum absolute atomic E-state index is 11.9. The Balaban J connectivity index is 2.88. The van der Waals surface area contributed by atoms with Gasteiger partial charge >= 0.3 is 6.09 Å². The monoisotopic (exact) mass is 262 g/mol. The van der Waals surface area contributed by atoms with Gasteiger partial charge in [-0.2, -0.15) is 0 Å². The smallest absolute Gasteiger partial charge is 0.411 e.